The summed E-state index contributed by atoms with van der Waals surface area (Å²) in [4.78, 5) is 24.5. The molecule has 1 heterocycles. The molecule has 1 fully saturated rings. The van der Waals surface area contributed by atoms with Crippen molar-refractivity contribution in [3.05, 3.63) is 35.9 Å². The Morgan fingerprint density at radius 1 is 1.39 bits per heavy atom. The van der Waals surface area contributed by atoms with Gasteiger partial charge < -0.3 is 15.1 Å². The van der Waals surface area contributed by atoms with Crippen LogP contribution < -0.4 is 0 Å². The van der Waals surface area contributed by atoms with E-state index < -0.39 is 12.0 Å². The Kier molecular flexibility index (Phi) is 3.62. The van der Waals surface area contributed by atoms with Gasteiger partial charge in [0.25, 0.3) is 0 Å². The van der Waals surface area contributed by atoms with Crippen LogP contribution in [0, 0.1) is 5.92 Å². The van der Waals surface area contributed by atoms with Gasteiger partial charge in [-0.3, -0.25) is 4.79 Å². The fourth-order valence-electron chi connectivity index (χ4n) is 2.27. The summed E-state index contributed by atoms with van der Waals surface area (Å²) in [5.41, 5.74) is 0.580. The van der Waals surface area contributed by atoms with E-state index in [0.29, 0.717) is 12.1 Å². The molecule has 1 unspecified atom stereocenters. The van der Waals surface area contributed by atoms with Crippen LogP contribution >= 0.6 is 0 Å². The number of benzene rings is 1. The highest BCUT2D eigenvalue weighted by Crippen LogP contribution is 2.28. The molecule has 1 aromatic carbocycles. The summed E-state index contributed by atoms with van der Waals surface area (Å²) in [6, 6.07) is 7.71. The summed E-state index contributed by atoms with van der Waals surface area (Å²) in [6.07, 6.45) is 0.215. The van der Waals surface area contributed by atoms with Crippen LogP contribution in [0.4, 0.5) is 0 Å². The number of rotatable bonds is 4. The fraction of sp³-hybridized carbons (Fsp3) is 0.385. The lowest BCUT2D eigenvalue weighted by molar-refractivity contribution is -0.148. The molecule has 18 heavy (non-hydrogen) atoms. The third-order valence-corrected chi connectivity index (χ3v) is 3.16. The molecule has 2 rings (SSSR count). The number of likely N-dealkylation sites (tertiary alicyclic amines) is 1. The topological polar surface area (TPSA) is 77.8 Å². The number of aliphatic carboxylic acids is 1. The van der Waals surface area contributed by atoms with Gasteiger partial charge in [-0.1, -0.05) is 30.3 Å². The van der Waals surface area contributed by atoms with Crippen LogP contribution in [0.15, 0.2) is 30.3 Å². The van der Waals surface area contributed by atoms with Gasteiger partial charge in [-0.05, 0) is 5.56 Å². The summed E-state index contributed by atoms with van der Waals surface area (Å²) in [5, 5.41) is 18.4. The van der Waals surface area contributed by atoms with Crippen molar-refractivity contribution in [2.24, 2.45) is 5.92 Å². The molecule has 96 valence electrons. The van der Waals surface area contributed by atoms with Gasteiger partial charge in [-0.25, -0.2) is 4.79 Å². The maximum Gasteiger partial charge on any atom is 0.331 e. The number of aliphatic hydroxyl groups excluding tert-OH is 1. The lowest BCUT2D eigenvalue weighted by Gasteiger charge is -2.24. The Morgan fingerprint density at radius 2 is 2.06 bits per heavy atom. The lowest BCUT2D eigenvalue weighted by Crippen LogP contribution is -2.35. The van der Waals surface area contributed by atoms with Crippen molar-refractivity contribution in [3.8, 4) is 0 Å². The quantitative estimate of drug-likeness (QED) is 0.821. The molecule has 0 aliphatic carbocycles. The normalized spacial score (nSPS) is 21.1. The van der Waals surface area contributed by atoms with Gasteiger partial charge in [0.15, 0.2) is 6.04 Å². The number of carboxylic acids is 1. The molecule has 0 spiro atoms. The fourth-order valence-corrected chi connectivity index (χ4v) is 2.27. The van der Waals surface area contributed by atoms with Crippen molar-refractivity contribution in [2.45, 2.75) is 12.5 Å². The predicted molar refractivity (Wildman–Crippen MR) is 63.7 cm³/mol. The van der Waals surface area contributed by atoms with Crippen molar-refractivity contribution >= 4 is 11.9 Å². The summed E-state index contributed by atoms with van der Waals surface area (Å²) in [6.45, 7) is 0.199. The van der Waals surface area contributed by atoms with E-state index in [1.54, 1.807) is 30.3 Å². The highest BCUT2D eigenvalue weighted by molar-refractivity contribution is 5.86. The summed E-state index contributed by atoms with van der Waals surface area (Å²) in [7, 11) is 0. The van der Waals surface area contributed by atoms with E-state index in [1.165, 1.54) is 4.90 Å². The average Bonchev–Trinajstić information content (AvgIpc) is 2.72. The number of carbonyl (C=O) groups excluding carboxylic acids is 1. The molecule has 0 saturated carbocycles. The van der Waals surface area contributed by atoms with Crippen molar-refractivity contribution in [1.29, 1.82) is 0 Å². The van der Waals surface area contributed by atoms with Gasteiger partial charge in [0.2, 0.25) is 5.91 Å². The van der Waals surface area contributed by atoms with E-state index in [2.05, 4.69) is 0 Å². The second-order valence-electron chi connectivity index (χ2n) is 4.45. The molecule has 1 aliphatic rings. The second-order valence-corrected chi connectivity index (χ2v) is 4.45. The molecule has 1 amide bonds. The largest absolute Gasteiger partial charge is 0.479 e. The lowest BCUT2D eigenvalue weighted by atomic mass is 10.1. The van der Waals surface area contributed by atoms with Gasteiger partial charge in [0.05, 0.1) is 0 Å². The summed E-state index contributed by atoms with van der Waals surface area (Å²) < 4.78 is 0. The van der Waals surface area contributed by atoms with Crippen LogP contribution in [0.1, 0.15) is 18.0 Å². The molecule has 1 aromatic rings. The smallest absolute Gasteiger partial charge is 0.331 e. The molecule has 2 N–H and O–H groups in total. The van der Waals surface area contributed by atoms with Crippen LogP contribution in [-0.2, 0) is 9.59 Å². The van der Waals surface area contributed by atoms with Crippen LogP contribution in [0.5, 0.6) is 0 Å². The van der Waals surface area contributed by atoms with Crippen LogP contribution in [-0.4, -0.2) is 40.1 Å². The molecule has 0 bridgehead atoms. The maximum absolute atomic E-state index is 11.8. The number of amides is 1. The maximum atomic E-state index is 11.8. The Morgan fingerprint density at radius 3 is 2.56 bits per heavy atom. The number of nitrogens with zero attached hydrogens (tertiary/aromatic N) is 1. The molecular formula is C13H15NO4. The van der Waals surface area contributed by atoms with Gasteiger partial charge in [0.1, 0.15) is 0 Å². The first-order valence-corrected chi connectivity index (χ1v) is 5.81. The molecule has 1 aliphatic heterocycles. The molecular weight excluding hydrogens is 234 g/mol. The zero-order chi connectivity index (χ0) is 13.1. The van der Waals surface area contributed by atoms with E-state index in [4.69, 9.17) is 5.11 Å². The van der Waals surface area contributed by atoms with E-state index in [1.807, 2.05) is 0 Å². The van der Waals surface area contributed by atoms with Crippen molar-refractivity contribution in [1.82, 2.24) is 4.90 Å². The summed E-state index contributed by atoms with van der Waals surface area (Å²) >= 11 is 0. The highest BCUT2D eigenvalue weighted by atomic mass is 16.4. The van der Waals surface area contributed by atoms with E-state index in [9.17, 15) is 14.7 Å². The minimum atomic E-state index is -1.05. The van der Waals surface area contributed by atoms with Crippen LogP contribution in [0.2, 0.25) is 0 Å². The number of carbonyl (C=O) groups is 2. The monoisotopic (exact) mass is 249 g/mol. The first-order chi connectivity index (χ1) is 8.63. The van der Waals surface area contributed by atoms with Crippen LogP contribution in [0.3, 0.4) is 0 Å². The van der Waals surface area contributed by atoms with Gasteiger partial charge in [0, 0.05) is 25.5 Å². The SMILES string of the molecule is O=C(O)[C@@H](c1ccccc1)N1CC(CO)CC1=O. The van der Waals surface area contributed by atoms with Crippen molar-refractivity contribution < 1.29 is 19.8 Å². The number of carboxylic acid groups (broad SMARTS) is 1. The molecule has 1 saturated heterocycles. The summed E-state index contributed by atoms with van der Waals surface area (Å²) in [5.74, 6) is -1.43. The Bertz CT molecular complexity index is 446. The molecule has 5 nitrogen and oxygen atoms in total. The van der Waals surface area contributed by atoms with Gasteiger partial charge in [-0.2, -0.15) is 0 Å². The number of aliphatic hydroxyl groups is 1. The third kappa shape index (κ3) is 2.36. The second kappa shape index (κ2) is 5.18. The van der Waals surface area contributed by atoms with Crippen molar-refractivity contribution in [2.75, 3.05) is 13.2 Å². The van der Waals surface area contributed by atoms with E-state index in [0.717, 1.165) is 0 Å². The Balaban J connectivity index is 2.27. The Hall–Kier alpha value is -1.88. The zero-order valence-electron chi connectivity index (χ0n) is 9.82. The zero-order valence-corrected chi connectivity index (χ0v) is 9.82. The molecule has 2 atom stereocenters. The Labute approximate surface area is 105 Å². The van der Waals surface area contributed by atoms with E-state index in [-0.39, 0.29) is 24.9 Å². The van der Waals surface area contributed by atoms with Gasteiger partial charge in [-0.15, -0.1) is 0 Å². The van der Waals surface area contributed by atoms with Gasteiger partial charge >= 0.3 is 5.97 Å². The first-order valence-electron chi connectivity index (χ1n) is 5.81. The third-order valence-electron chi connectivity index (χ3n) is 3.16. The average molecular weight is 249 g/mol. The van der Waals surface area contributed by atoms with E-state index >= 15 is 0 Å². The number of hydrogen-bond acceptors (Lipinski definition) is 3. The van der Waals surface area contributed by atoms with Crippen molar-refractivity contribution in [3.63, 3.8) is 0 Å². The minimum Gasteiger partial charge on any atom is -0.479 e. The highest BCUT2D eigenvalue weighted by Gasteiger charge is 2.38. The molecule has 5 heteroatoms. The van der Waals surface area contributed by atoms with Crippen LogP contribution in [0.25, 0.3) is 0 Å². The first kappa shape index (κ1) is 12.6. The molecule has 0 radical (unpaired) electrons. The standard InChI is InChI=1S/C13H15NO4/c15-8-9-6-11(16)14(7-9)12(13(17)18)10-4-2-1-3-5-10/h1-5,9,12,15H,6-8H2,(H,17,18)/t9?,12-/m1/s1. The number of hydrogen-bond donors (Lipinski definition) is 2. The predicted octanol–water partition coefficient (Wildman–Crippen LogP) is 0.653. The minimum absolute atomic E-state index is 0.0939. The molecule has 0 aromatic heterocycles.